The first-order valence-corrected chi connectivity index (χ1v) is 6.91. The van der Waals surface area contributed by atoms with Crippen molar-refractivity contribution in [3.05, 3.63) is 59.7 Å². The van der Waals surface area contributed by atoms with Gasteiger partial charge in [0.1, 0.15) is 5.82 Å². The third-order valence-corrected chi connectivity index (χ3v) is 3.02. The van der Waals surface area contributed by atoms with Crippen LogP contribution in [0.2, 0.25) is 0 Å². The van der Waals surface area contributed by atoms with E-state index in [-0.39, 0.29) is 11.7 Å². The molecule has 1 aromatic heterocycles. The highest BCUT2D eigenvalue weighted by Gasteiger charge is 2.10. The highest BCUT2D eigenvalue weighted by molar-refractivity contribution is 5.99. The van der Waals surface area contributed by atoms with E-state index < -0.39 is 0 Å². The maximum absolute atomic E-state index is 13.1. The van der Waals surface area contributed by atoms with Gasteiger partial charge in [-0.2, -0.15) is 0 Å². The molecule has 21 heavy (non-hydrogen) atoms. The van der Waals surface area contributed by atoms with Gasteiger partial charge in [0.15, 0.2) is 0 Å². The van der Waals surface area contributed by atoms with Crippen LogP contribution in [0.25, 0.3) is 0 Å². The topological polar surface area (TPSA) is 54.0 Å². The first kappa shape index (κ1) is 15.0. The molecule has 0 spiro atoms. The third-order valence-electron chi connectivity index (χ3n) is 3.02. The number of carbonyl (C=O) groups excluding carboxylic acids is 1. The van der Waals surface area contributed by atoms with E-state index in [1.807, 2.05) is 13.0 Å². The predicted octanol–water partition coefficient (Wildman–Crippen LogP) is 2.63. The maximum atomic E-state index is 13.1. The quantitative estimate of drug-likeness (QED) is 0.858. The SMILES string of the molecule is CCNc1ccncc1C(=O)NCCc1cccc(F)c1. The standard InChI is InChI=1S/C16H18FN3O/c1-2-19-15-7-8-18-11-14(15)16(21)20-9-6-12-4-3-5-13(17)10-12/h3-5,7-8,10-11H,2,6,9H2,1H3,(H,18,19)(H,20,21). The fourth-order valence-electron chi connectivity index (χ4n) is 2.03. The number of rotatable bonds is 6. The van der Waals surface area contributed by atoms with E-state index in [4.69, 9.17) is 0 Å². The number of hydrogen-bond donors (Lipinski definition) is 2. The van der Waals surface area contributed by atoms with Crippen LogP contribution in [0.4, 0.5) is 10.1 Å². The molecule has 110 valence electrons. The molecule has 1 heterocycles. The minimum absolute atomic E-state index is 0.185. The van der Waals surface area contributed by atoms with Crippen molar-refractivity contribution in [2.45, 2.75) is 13.3 Å². The molecule has 0 fully saturated rings. The molecule has 4 nitrogen and oxygen atoms in total. The van der Waals surface area contributed by atoms with E-state index >= 15 is 0 Å². The summed E-state index contributed by atoms with van der Waals surface area (Å²) in [6.07, 6.45) is 3.76. The van der Waals surface area contributed by atoms with Gasteiger partial charge in [0.25, 0.3) is 5.91 Å². The van der Waals surface area contributed by atoms with Gasteiger partial charge in [-0.05, 0) is 37.1 Å². The summed E-state index contributed by atoms with van der Waals surface area (Å²) in [6, 6.07) is 8.14. The second kappa shape index (κ2) is 7.38. The van der Waals surface area contributed by atoms with Crippen LogP contribution in [0, 0.1) is 5.82 Å². The first-order chi connectivity index (χ1) is 10.2. The molecule has 0 saturated heterocycles. The number of nitrogens with one attached hydrogen (secondary N) is 2. The van der Waals surface area contributed by atoms with Crippen molar-refractivity contribution in [2.24, 2.45) is 0 Å². The lowest BCUT2D eigenvalue weighted by molar-refractivity contribution is 0.0954. The number of halogens is 1. The number of anilines is 1. The molecule has 0 saturated carbocycles. The summed E-state index contributed by atoms with van der Waals surface area (Å²) < 4.78 is 13.1. The van der Waals surface area contributed by atoms with E-state index in [0.29, 0.717) is 18.5 Å². The minimum Gasteiger partial charge on any atom is -0.385 e. The van der Waals surface area contributed by atoms with Crippen molar-refractivity contribution in [3.63, 3.8) is 0 Å². The zero-order chi connectivity index (χ0) is 15.1. The maximum Gasteiger partial charge on any atom is 0.254 e. The molecule has 2 aromatic rings. The van der Waals surface area contributed by atoms with E-state index in [1.54, 1.807) is 18.3 Å². The molecule has 1 amide bonds. The predicted molar refractivity (Wildman–Crippen MR) is 80.8 cm³/mol. The van der Waals surface area contributed by atoms with Crippen LogP contribution >= 0.6 is 0 Å². The first-order valence-electron chi connectivity index (χ1n) is 6.91. The molecule has 5 heteroatoms. The summed E-state index contributed by atoms with van der Waals surface area (Å²) in [5, 5.41) is 5.95. The lowest BCUT2D eigenvalue weighted by atomic mass is 10.1. The van der Waals surface area contributed by atoms with Crippen LogP contribution < -0.4 is 10.6 Å². The van der Waals surface area contributed by atoms with Crippen molar-refractivity contribution in [3.8, 4) is 0 Å². The van der Waals surface area contributed by atoms with Crippen molar-refractivity contribution >= 4 is 11.6 Å². The fourth-order valence-corrected chi connectivity index (χ4v) is 2.03. The van der Waals surface area contributed by atoms with Crippen LogP contribution in [0.1, 0.15) is 22.8 Å². The van der Waals surface area contributed by atoms with E-state index in [0.717, 1.165) is 17.8 Å². The third kappa shape index (κ3) is 4.27. The minimum atomic E-state index is -0.263. The van der Waals surface area contributed by atoms with Crippen LogP contribution in [-0.4, -0.2) is 24.0 Å². The van der Waals surface area contributed by atoms with Crippen LogP contribution in [-0.2, 0) is 6.42 Å². The van der Waals surface area contributed by atoms with Gasteiger partial charge in [-0.15, -0.1) is 0 Å². The molecule has 1 aromatic carbocycles. The molecular formula is C16H18FN3O. The second-order valence-electron chi connectivity index (χ2n) is 4.59. The average Bonchev–Trinajstić information content (AvgIpc) is 2.48. The Kier molecular flexibility index (Phi) is 5.26. The number of carbonyl (C=O) groups is 1. The normalized spacial score (nSPS) is 10.2. The fraction of sp³-hybridized carbons (Fsp3) is 0.250. The smallest absolute Gasteiger partial charge is 0.254 e. The number of amides is 1. The Bertz CT molecular complexity index is 616. The summed E-state index contributed by atoms with van der Waals surface area (Å²) >= 11 is 0. The average molecular weight is 287 g/mol. The van der Waals surface area contributed by atoms with Crippen molar-refractivity contribution in [1.29, 1.82) is 0 Å². The van der Waals surface area contributed by atoms with Gasteiger partial charge in [0.05, 0.1) is 11.3 Å². The molecule has 0 radical (unpaired) electrons. The summed E-state index contributed by atoms with van der Waals surface area (Å²) in [7, 11) is 0. The molecule has 0 aliphatic rings. The Morgan fingerprint density at radius 1 is 1.33 bits per heavy atom. The van der Waals surface area contributed by atoms with Crippen molar-refractivity contribution in [2.75, 3.05) is 18.4 Å². The highest BCUT2D eigenvalue weighted by Crippen LogP contribution is 2.13. The summed E-state index contributed by atoms with van der Waals surface area (Å²) in [5.74, 6) is -0.448. The molecule has 0 aliphatic heterocycles. The Labute approximate surface area is 123 Å². The lowest BCUT2D eigenvalue weighted by Gasteiger charge is -2.10. The van der Waals surface area contributed by atoms with E-state index in [1.165, 1.54) is 18.3 Å². The molecule has 0 unspecified atom stereocenters. The van der Waals surface area contributed by atoms with Gasteiger partial charge in [-0.1, -0.05) is 12.1 Å². The van der Waals surface area contributed by atoms with Crippen molar-refractivity contribution < 1.29 is 9.18 Å². The Balaban J connectivity index is 1.93. The summed E-state index contributed by atoms with van der Waals surface area (Å²) in [6.45, 7) is 3.14. The zero-order valence-electron chi connectivity index (χ0n) is 11.9. The van der Waals surface area contributed by atoms with Crippen LogP contribution in [0.3, 0.4) is 0 Å². The van der Waals surface area contributed by atoms with Gasteiger partial charge < -0.3 is 10.6 Å². The molecule has 2 rings (SSSR count). The van der Waals surface area contributed by atoms with Crippen LogP contribution in [0.5, 0.6) is 0 Å². The molecule has 0 atom stereocenters. The van der Waals surface area contributed by atoms with Gasteiger partial charge in [0.2, 0.25) is 0 Å². The van der Waals surface area contributed by atoms with Gasteiger partial charge in [-0.25, -0.2) is 4.39 Å². The van der Waals surface area contributed by atoms with Crippen molar-refractivity contribution in [1.82, 2.24) is 10.3 Å². The van der Waals surface area contributed by atoms with E-state index in [9.17, 15) is 9.18 Å². The Morgan fingerprint density at radius 2 is 2.19 bits per heavy atom. The Morgan fingerprint density at radius 3 is 2.95 bits per heavy atom. The zero-order valence-corrected chi connectivity index (χ0v) is 11.9. The van der Waals surface area contributed by atoms with Gasteiger partial charge >= 0.3 is 0 Å². The highest BCUT2D eigenvalue weighted by atomic mass is 19.1. The van der Waals surface area contributed by atoms with Gasteiger partial charge in [0, 0.05) is 25.5 Å². The summed E-state index contributed by atoms with van der Waals surface area (Å²) in [4.78, 5) is 16.1. The molecule has 2 N–H and O–H groups in total. The lowest BCUT2D eigenvalue weighted by Crippen LogP contribution is -2.26. The Hall–Kier alpha value is -2.43. The number of aromatic nitrogens is 1. The number of benzene rings is 1. The molecular weight excluding hydrogens is 269 g/mol. The number of nitrogens with zero attached hydrogens (tertiary/aromatic N) is 1. The van der Waals surface area contributed by atoms with Crippen LogP contribution in [0.15, 0.2) is 42.7 Å². The molecule has 0 bridgehead atoms. The number of hydrogen-bond acceptors (Lipinski definition) is 3. The second-order valence-corrected chi connectivity index (χ2v) is 4.59. The van der Waals surface area contributed by atoms with E-state index in [2.05, 4.69) is 15.6 Å². The molecule has 0 aliphatic carbocycles. The monoisotopic (exact) mass is 287 g/mol. The van der Waals surface area contributed by atoms with Gasteiger partial charge in [-0.3, -0.25) is 9.78 Å². The number of pyridine rings is 1. The summed E-state index contributed by atoms with van der Waals surface area (Å²) in [5.41, 5.74) is 2.13. The largest absolute Gasteiger partial charge is 0.385 e.